The van der Waals surface area contributed by atoms with E-state index < -0.39 is 0 Å². The highest BCUT2D eigenvalue weighted by molar-refractivity contribution is 5.38. The average molecular weight is 221 g/mol. The van der Waals surface area contributed by atoms with Gasteiger partial charge < -0.3 is 15.5 Å². The highest BCUT2D eigenvalue weighted by atomic mass is 15.3. The van der Waals surface area contributed by atoms with E-state index in [1.165, 1.54) is 6.42 Å². The highest BCUT2D eigenvalue weighted by Gasteiger charge is 2.24. The van der Waals surface area contributed by atoms with E-state index in [9.17, 15) is 0 Å². The fraction of sp³-hybridized carbons (Fsp3) is 0.636. The second-order valence-corrected chi connectivity index (χ2v) is 4.35. The zero-order valence-corrected chi connectivity index (χ0v) is 9.93. The molecule has 1 atom stereocenters. The first kappa shape index (κ1) is 11.3. The molecular weight excluding hydrogens is 202 g/mol. The molecule has 1 aliphatic rings. The predicted octanol–water partition coefficient (Wildman–Crippen LogP) is 0.0756. The van der Waals surface area contributed by atoms with Gasteiger partial charge in [-0.1, -0.05) is 0 Å². The molecule has 2 rings (SSSR count). The summed E-state index contributed by atoms with van der Waals surface area (Å²) in [6.45, 7) is 2.65. The topological polar surface area (TPSA) is 58.3 Å². The van der Waals surface area contributed by atoms with Crippen molar-refractivity contribution in [1.29, 1.82) is 0 Å². The molecule has 1 aromatic heterocycles. The van der Waals surface area contributed by atoms with E-state index in [0.717, 1.165) is 18.9 Å². The molecule has 2 heterocycles. The molecule has 1 unspecified atom stereocenters. The molecule has 0 spiro atoms. The van der Waals surface area contributed by atoms with Crippen LogP contribution in [0.1, 0.15) is 12.2 Å². The lowest BCUT2D eigenvalue weighted by Crippen LogP contribution is -2.34. The molecule has 0 amide bonds. The Morgan fingerprint density at radius 1 is 1.62 bits per heavy atom. The van der Waals surface area contributed by atoms with Crippen LogP contribution in [0.2, 0.25) is 0 Å². The molecule has 2 N–H and O–H groups in total. The van der Waals surface area contributed by atoms with Gasteiger partial charge in [0.05, 0.1) is 6.54 Å². The Kier molecular flexibility index (Phi) is 3.36. The summed E-state index contributed by atoms with van der Waals surface area (Å²) in [7, 11) is 4.24. The van der Waals surface area contributed by atoms with Gasteiger partial charge in [0.15, 0.2) is 0 Å². The van der Waals surface area contributed by atoms with Crippen LogP contribution in [0.4, 0.5) is 5.82 Å². The van der Waals surface area contributed by atoms with Crippen molar-refractivity contribution >= 4 is 5.82 Å². The van der Waals surface area contributed by atoms with Crippen molar-refractivity contribution in [3.05, 3.63) is 18.1 Å². The predicted molar refractivity (Wildman–Crippen MR) is 64.2 cm³/mol. The monoisotopic (exact) mass is 221 g/mol. The molecule has 0 bridgehead atoms. The Labute approximate surface area is 96.3 Å². The van der Waals surface area contributed by atoms with Crippen LogP contribution >= 0.6 is 0 Å². The lowest BCUT2D eigenvalue weighted by molar-refractivity contribution is 0.409. The minimum Gasteiger partial charge on any atom is -0.355 e. The molecule has 0 aromatic carbocycles. The number of hydrogen-bond donors (Lipinski definition) is 1. The molecule has 0 aliphatic carbocycles. The number of hydrogen-bond acceptors (Lipinski definition) is 5. The van der Waals surface area contributed by atoms with Crippen LogP contribution in [0, 0.1) is 0 Å². The fourth-order valence-electron chi connectivity index (χ4n) is 2.10. The lowest BCUT2D eigenvalue weighted by Gasteiger charge is -2.25. The number of likely N-dealkylation sites (N-methyl/N-ethyl adjacent to an activating group) is 2. The summed E-state index contributed by atoms with van der Waals surface area (Å²) in [5, 5.41) is 0. The van der Waals surface area contributed by atoms with Gasteiger partial charge in [0.1, 0.15) is 11.6 Å². The van der Waals surface area contributed by atoms with Gasteiger partial charge >= 0.3 is 0 Å². The van der Waals surface area contributed by atoms with Crippen molar-refractivity contribution < 1.29 is 0 Å². The van der Waals surface area contributed by atoms with Crippen molar-refractivity contribution in [2.75, 3.05) is 32.1 Å². The van der Waals surface area contributed by atoms with Crippen molar-refractivity contribution in [2.24, 2.45) is 5.73 Å². The van der Waals surface area contributed by atoms with Gasteiger partial charge in [0.2, 0.25) is 0 Å². The first-order chi connectivity index (χ1) is 7.70. The maximum Gasteiger partial charge on any atom is 0.144 e. The second-order valence-electron chi connectivity index (χ2n) is 4.35. The van der Waals surface area contributed by atoms with E-state index in [4.69, 9.17) is 5.73 Å². The van der Waals surface area contributed by atoms with Gasteiger partial charge in [0.25, 0.3) is 0 Å². The van der Waals surface area contributed by atoms with Crippen molar-refractivity contribution in [3.63, 3.8) is 0 Å². The Hall–Kier alpha value is -1.20. The Bertz CT molecular complexity index is 354. The van der Waals surface area contributed by atoms with E-state index in [1.807, 2.05) is 6.07 Å². The molecule has 1 aromatic rings. The van der Waals surface area contributed by atoms with Gasteiger partial charge in [0, 0.05) is 25.8 Å². The SMILES string of the molecule is CN1CCC(N(C)c2ccnc(CN)n2)C1. The Morgan fingerprint density at radius 2 is 2.44 bits per heavy atom. The van der Waals surface area contributed by atoms with E-state index in [-0.39, 0.29) is 0 Å². The Morgan fingerprint density at radius 3 is 3.06 bits per heavy atom. The number of aromatic nitrogens is 2. The number of rotatable bonds is 3. The summed E-state index contributed by atoms with van der Waals surface area (Å²) in [5.74, 6) is 1.67. The van der Waals surface area contributed by atoms with Gasteiger partial charge in [-0.25, -0.2) is 9.97 Å². The van der Waals surface area contributed by atoms with Crippen molar-refractivity contribution in [1.82, 2.24) is 14.9 Å². The molecule has 5 nitrogen and oxygen atoms in total. The van der Waals surface area contributed by atoms with Gasteiger partial charge in [-0.3, -0.25) is 0 Å². The summed E-state index contributed by atoms with van der Waals surface area (Å²) in [6, 6.07) is 2.49. The molecule has 16 heavy (non-hydrogen) atoms. The number of anilines is 1. The molecule has 0 saturated carbocycles. The normalized spacial score (nSPS) is 21.3. The molecule has 5 heteroatoms. The maximum atomic E-state index is 5.54. The molecular formula is C11H19N5. The minimum atomic E-state index is 0.395. The largest absolute Gasteiger partial charge is 0.355 e. The average Bonchev–Trinajstić information content (AvgIpc) is 2.75. The van der Waals surface area contributed by atoms with E-state index in [0.29, 0.717) is 18.4 Å². The Balaban J connectivity index is 2.10. The highest BCUT2D eigenvalue weighted by Crippen LogP contribution is 2.18. The van der Waals surface area contributed by atoms with Gasteiger partial charge in [-0.2, -0.15) is 0 Å². The summed E-state index contributed by atoms with van der Waals surface area (Å²) in [6.07, 6.45) is 2.97. The first-order valence-electron chi connectivity index (χ1n) is 5.64. The number of nitrogens with zero attached hydrogens (tertiary/aromatic N) is 4. The van der Waals surface area contributed by atoms with Crippen LogP contribution in [0.15, 0.2) is 12.3 Å². The molecule has 0 radical (unpaired) electrons. The van der Waals surface area contributed by atoms with Crippen LogP contribution in [-0.2, 0) is 6.54 Å². The molecule has 1 saturated heterocycles. The van der Waals surface area contributed by atoms with Gasteiger partial charge in [-0.15, -0.1) is 0 Å². The molecule has 88 valence electrons. The van der Waals surface area contributed by atoms with Crippen molar-refractivity contribution in [3.8, 4) is 0 Å². The molecule has 1 fully saturated rings. The minimum absolute atomic E-state index is 0.395. The quantitative estimate of drug-likeness (QED) is 0.783. The zero-order valence-electron chi connectivity index (χ0n) is 9.93. The van der Waals surface area contributed by atoms with E-state index in [2.05, 4.69) is 33.9 Å². The fourth-order valence-corrected chi connectivity index (χ4v) is 2.10. The summed E-state index contributed by atoms with van der Waals surface area (Å²) >= 11 is 0. The summed E-state index contributed by atoms with van der Waals surface area (Å²) in [5.41, 5.74) is 5.54. The smallest absolute Gasteiger partial charge is 0.144 e. The molecule has 1 aliphatic heterocycles. The summed E-state index contributed by atoms with van der Waals surface area (Å²) < 4.78 is 0. The van der Waals surface area contributed by atoms with Crippen LogP contribution < -0.4 is 10.6 Å². The van der Waals surface area contributed by atoms with Crippen LogP contribution in [-0.4, -0.2) is 48.1 Å². The number of nitrogens with two attached hydrogens (primary N) is 1. The maximum absolute atomic E-state index is 5.54. The first-order valence-corrected chi connectivity index (χ1v) is 5.64. The van der Waals surface area contributed by atoms with E-state index in [1.54, 1.807) is 6.20 Å². The third-order valence-corrected chi connectivity index (χ3v) is 3.15. The van der Waals surface area contributed by atoms with Crippen LogP contribution in [0.25, 0.3) is 0 Å². The number of likely N-dealkylation sites (tertiary alicyclic amines) is 1. The van der Waals surface area contributed by atoms with Gasteiger partial charge in [-0.05, 0) is 26.1 Å². The third-order valence-electron chi connectivity index (χ3n) is 3.15. The van der Waals surface area contributed by atoms with Crippen LogP contribution in [0.5, 0.6) is 0 Å². The second kappa shape index (κ2) is 4.76. The van der Waals surface area contributed by atoms with E-state index >= 15 is 0 Å². The standard InChI is InChI=1S/C11H19N5/c1-15-6-4-9(8-15)16(2)11-3-5-13-10(7-12)14-11/h3,5,9H,4,6-8,12H2,1-2H3. The third kappa shape index (κ3) is 2.31. The van der Waals surface area contributed by atoms with Crippen molar-refractivity contribution in [2.45, 2.75) is 19.0 Å². The zero-order chi connectivity index (χ0) is 11.5. The summed E-state index contributed by atoms with van der Waals surface area (Å²) in [4.78, 5) is 13.1. The lowest BCUT2D eigenvalue weighted by atomic mass is 10.2. The van der Waals surface area contributed by atoms with Crippen LogP contribution in [0.3, 0.4) is 0 Å².